The van der Waals surface area contributed by atoms with Crippen molar-refractivity contribution in [3.05, 3.63) is 53.1 Å². The SMILES string of the molecule is Cc1ccc2c(c1)N(S(C)(=O)=O)CC[C@@H](C(=O)Nc1ccc(C)c(C)c1)O2. The Morgan fingerprint density at radius 3 is 2.52 bits per heavy atom. The monoisotopic (exact) mass is 388 g/mol. The van der Waals surface area contributed by atoms with Crippen molar-refractivity contribution in [3.8, 4) is 5.75 Å². The number of ether oxygens (including phenoxy) is 1. The molecule has 0 radical (unpaired) electrons. The van der Waals surface area contributed by atoms with E-state index >= 15 is 0 Å². The fraction of sp³-hybridized carbons (Fsp3) is 0.350. The van der Waals surface area contributed by atoms with Gasteiger partial charge in [-0.15, -0.1) is 0 Å². The topological polar surface area (TPSA) is 75.7 Å². The van der Waals surface area contributed by atoms with Crippen LogP contribution in [0.25, 0.3) is 0 Å². The Bertz CT molecular complexity index is 985. The molecule has 1 heterocycles. The predicted octanol–water partition coefficient (Wildman–Crippen LogP) is 3.17. The van der Waals surface area contributed by atoms with E-state index in [4.69, 9.17) is 4.74 Å². The van der Waals surface area contributed by atoms with E-state index in [0.29, 0.717) is 17.1 Å². The fourth-order valence-corrected chi connectivity index (χ4v) is 4.00. The minimum absolute atomic E-state index is 0.181. The molecule has 0 aromatic heterocycles. The third kappa shape index (κ3) is 4.24. The molecule has 1 aliphatic heterocycles. The molecule has 6 nitrogen and oxygen atoms in total. The highest BCUT2D eigenvalue weighted by Crippen LogP contribution is 2.35. The highest BCUT2D eigenvalue weighted by molar-refractivity contribution is 7.92. The highest BCUT2D eigenvalue weighted by Gasteiger charge is 2.31. The van der Waals surface area contributed by atoms with Crippen molar-refractivity contribution in [3.63, 3.8) is 0 Å². The average Bonchev–Trinajstić information content (AvgIpc) is 2.77. The summed E-state index contributed by atoms with van der Waals surface area (Å²) in [5, 5.41) is 2.87. The quantitative estimate of drug-likeness (QED) is 0.876. The van der Waals surface area contributed by atoms with Gasteiger partial charge in [-0.2, -0.15) is 0 Å². The van der Waals surface area contributed by atoms with Crippen LogP contribution in [-0.4, -0.2) is 33.2 Å². The number of hydrogen-bond donors (Lipinski definition) is 1. The van der Waals surface area contributed by atoms with Gasteiger partial charge in [0.15, 0.2) is 6.10 Å². The van der Waals surface area contributed by atoms with Crippen LogP contribution in [0.3, 0.4) is 0 Å². The molecule has 0 fully saturated rings. The van der Waals surface area contributed by atoms with Crippen molar-refractivity contribution in [2.75, 3.05) is 22.4 Å². The zero-order chi connectivity index (χ0) is 19.8. The van der Waals surface area contributed by atoms with Crippen LogP contribution in [0.1, 0.15) is 23.1 Å². The van der Waals surface area contributed by atoms with E-state index in [1.807, 2.05) is 45.0 Å². The number of anilines is 2. The molecule has 2 aromatic carbocycles. The molecule has 0 saturated carbocycles. The summed E-state index contributed by atoms with van der Waals surface area (Å²) in [6, 6.07) is 11.0. The number of nitrogens with zero attached hydrogens (tertiary/aromatic N) is 1. The molecule has 0 saturated heterocycles. The lowest BCUT2D eigenvalue weighted by atomic mass is 10.1. The average molecular weight is 388 g/mol. The number of benzene rings is 2. The first-order valence-electron chi connectivity index (χ1n) is 8.78. The molecule has 1 atom stereocenters. The molecule has 0 aliphatic carbocycles. The largest absolute Gasteiger partial charge is 0.478 e. The van der Waals surface area contributed by atoms with Crippen LogP contribution in [-0.2, 0) is 14.8 Å². The number of fused-ring (bicyclic) bond motifs is 1. The molecule has 0 spiro atoms. The number of rotatable bonds is 3. The molecule has 144 valence electrons. The Labute approximate surface area is 160 Å². The Hall–Kier alpha value is -2.54. The van der Waals surface area contributed by atoms with Crippen LogP contribution in [0.2, 0.25) is 0 Å². The number of aryl methyl sites for hydroxylation is 3. The van der Waals surface area contributed by atoms with Crippen LogP contribution < -0.4 is 14.4 Å². The van der Waals surface area contributed by atoms with Gasteiger partial charge < -0.3 is 10.1 Å². The summed E-state index contributed by atoms with van der Waals surface area (Å²) in [6.07, 6.45) is 0.645. The van der Waals surface area contributed by atoms with E-state index in [0.717, 1.165) is 22.9 Å². The van der Waals surface area contributed by atoms with Gasteiger partial charge in [-0.05, 0) is 61.7 Å². The maximum absolute atomic E-state index is 12.7. The van der Waals surface area contributed by atoms with E-state index in [9.17, 15) is 13.2 Å². The van der Waals surface area contributed by atoms with Crippen LogP contribution >= 0.6 is 0 Å². The lowest BCUT2D eigenvalue weighted by Crippen LogP contribution is -2.36. The number of sulfonamides is 1. The van der Waals surface area contributed by atoms with E-state index in [1.165, 1.54) is 4.31 Å². The maximum atomic E-state index is 12.7. The first-order chi connectivity index (χ1) is 12.6. The van der Waals surface area contributed by atoms with Crippen molar-refractivity contribution in [2.45, 2.75) is 33.3 Å². The fourth-order valence-electron chi connectivity index (χ4n) is 3.06. The highest BCUT2D eigenvalue weighted by atomic mass is 32.2. The second-order valence-corrected chi connectivity index (χ2v) is 8.90. The second-order valence-electron chi connectivity index (χ2n) is 6.99. The summed E-state index contributed by atoms with van der Waals surface area (Å²) in [5.41, 5.74) is 4.31. The summed E-state index contributed by atoms with van der Waals surface area (Å²) < 4.78 is 31.7. The third-order valence-corrected chi connectivity index (χ3v) is 5.89. The van der Waals surface area contributed by atoms with Gasteiger partial charge in [0.05, 0.1) is 11.9 Å². The summed E-state index contributed by atoms with van der Waals surface area (Å²) in [4.78, 5) is 12.7. The van der Waals surface area contributed by atoms with Crippen LogP contribution in [0, 0.1) is 20.8 Å². The van der Waals surface area contributed by atoms with Crippen LogP contribution in [0.5, 0.6) is 5.75 Å². The normalized spacial score (nSPS) is 16.9. The number of nitrogens with one attached hydrogen (secondary N) is 1. The molecule has 1 aliphatic rings. The van der Waals surface area contributed by atoms with Gasteiger partial charge in [-0.25, -0.2) is 8.42 Å². The molecular weight excluding hydrogens is 364 g/mol. The van der Waals surface area contributed by atoms with Gasteiger partial charge in [0.25, 0.3) is 5.91 Å². The van der Waals surface area contributed by atoms with Crippen LogP contribution in [0.4, 0.5) is 11.4 Å². The molecule has 0 bridgehead atoms. The zero-order valence-corrected chi connectivity index (χ0v) is 16.8. The minimum Gasteiger partial charge on any atom is -0.478 e. The predicted molar refractivity (Wildman–Crippen MR) is 107 cm³/mol. The lowest BCUT2D eigenvalue weighted by molar-refractivity contribution is -0.122. The summed E-state index contributed by atoms with van der Waals surface area (Å²) >= 11 is 0. The molecule has 3 rings (SSSR count). The number of carbonyl (C=O) groups excluding carboxylic acids is 1. The summed E-state index contributed by atoms with van der Waals surface area (Å²) in [5.74, 6) is 0.101. The molecule has 2 aromatic rings. The number of hydrogen-bond acceptors (Lipinski definition) is 4. The minimum atomic E-state index is -3.48. The maximum Gasteiger partial charge on any atom is 0.265 e. The molecule has 7 heteroatoms. The van der Waals surface area contributed by atoms with Gasteiger partial charge in [-0.3, -0.25) is 9.10 Å². The Morgan fingerprint density at radius 1 is 1.11 bits per heavy atom. The van der Waals surface area contributed by atoms with Crippen LogP contribution in [0.15, 0.2) is 36.4 Å². The van der Waals surface area contributed by atoms with Crippen molar-refractivity contribution in [1.82, 2.24) is 0 Å². The standard InChI is InChI=1S/C20H24N2O4S/c1-13-5-8-18-17(11-13)22(27(4,24)25)10-9-19(26-18)20(23)21-16-7-6-14(2)15(3)12-16/h5-8,11-12,19H,9-10H2,1-4H3,(H,21,23)/t19-/m0/s1. The molecular formula is C20H24N2O4S. The zero-order valence-electron chi connectivity index (χ0n) is 15.9. The van der Waals surface area contributed by atoms with Gasteiger partial charge in [0.1, 0.15) is 5.75 Å². The molecule has 27 heavy (non-hydrogen) atoms. The van der Waals surface area contributed by atoms with E-state index in [2.05, 4.69) is 5.32 Å². The number of carbonyl (C=O) groups is 1. The van der Waals surface area contributed by atoms with E-state index in [-0.39, 0.29) is 18.9 Å². The van der Waals surface area contributed by atoms with E-state index in [1.54, 1.807) is 12.1 Å². The summed E-state index contributed by atoms with van der Waals surface area (Å²) in [6.45, 7) is 6.06. The second kappa shape index (κ2) is 7.23. The van der Waals surface area contributed by atoms with Gasteiger partial charge >= 0.3 is 0 Å². The third-order valence-electron chi connectivity index (χ3n) is 4.71. The first kappa shape index (κ1) is 19.2. The Balaban J connectivity index is 1.87. The van der Waals surface area contributed by atoms with E-state index < -0.39 is 16.1 Å². The molecule has 0 unspecified atom stereocenters. The summed E-state index contributed by atoms with van der Waals surface area (Å²) in [7, 11) is -3.48. The number of amides is 1. The van der Waals surface area contributed by atoms with Gasteiger partial charge in [0, 0.05) is 18.7 Å². The Morgan fingerprint density at radius 2 is 1.85 bits per heavy atom. The Kier molecular flexibility index (Phi) is 5.15. The van der Waals surface area contributed by atoms with Crippen molar-refractivity contribution in [2.24, 2.45) is 0 Å². The van der Waals surface area contributed by atoms with Crippen molar-refractivity contribution >= 4 is 27.3 Å². The molecule has 1 N–H and O–H groups in total. The van der Waals surface area contributed by atoms with Gasteiger partial charge in [-0.1, -0.05) is 12.1 Å². The first-order valence-corrected chi connectivity index (χ1v) is 10.6. The molecule has 1 amide bonds. The van der Waals surface area contributed by atoms with Crippen molar-refractivity contribution < 1.29 is 17.9 Å². The van der Waals surface area contributed by atoms with Gasteiger partial charge in [0.2, 0.25) is 10.0 Å². The smallest absolute Gasteiger partial charge is 0.265 e. The van der Waals surface area contributed by atoms with Crippen molar-refractivity contribution in [1.29, 1.82) is 0 Å². The lowest BCUT2D eigenvalue weighted by Gasteiger charge is -2.21.